The average Bonchev–Trinajstić information content (AvgIpc) is 2.05. The Hall–Kier alpha value is -0.700. The van der Waals surface area contributed by atoms with Crippen molar-refractivity contribution in [2.75, 3.05) is 0 Å². The SMILES string of the molecule is C=NC(=O)C1CCC(O)CC1. The smallest absolute Gasteiger partial charge is 0.248 e. The second kappa shape index (κ2) is 3.62. The number of rotatable bonds is 1. The van der Waals surface area contributed by atoms with Crippen LogP contribution in [0.2, 0.25) is 0 Å². The lowest BCUT2D eigenvalue weighted by molar-refractivity contribution is -0.122. The summed E-state index contributed by atoms with van der Waals surface area (Å²) in [6, 6.07) is 0. The molecule has 1 aliphatic rings. The van der Waals surface area contributed by atoms with Gasteiger partial charge in [0.2, 0.25) is 5.91 Å². The molecule has 0 aliphatic heterocycles. The molecule has 0 heterocycles. The molecule has 1 aliphatic carbocycles. The number of carbonyl (C=O) groups excluding carboxylic acids is 1. The van der Waals surface area contributed by atoms with E-state index in [1.807, 2.05) is 0 Å². The molecule has 1 N–H and O–H groups in total. The first-order valence-electron chi connectivity index (χ1n) is 3.92. The van der Waals surface area contributed by atoms with Crippen LogP contribution in [-0.2, 0) is 4.79 Å². The van der Waals surface area contributed by atoms with Gasteiger partial charge < -0.3 is 5.11 Å². The number of amides is 1. The molecule has 11 heavy (non-hydrogen) atoms. The Morgan fingerprint density at radius 1 is 1.36 bits per heavy atom. The van der Waals surface area contributed by atoms with Gasteiger partial charge >= 0.3 is 0 Å². The summed E-state index contributed by atoms with van der Waals surface area (Å²) < 4.78 is 0. The van der Waals surface area contributed by atoms with E-state index in [1.54, 1.807) is 0 Å². The lowest BCUT2D eigenvalue weighted by atomic mass is 9.87. The van der Waals surface area contributed by atoms with E-state index in [4.69, 9.17) is 5.11 Å². The quantitative estimate of drug-likeness (QED) is 0.568. The summed E-state index contributed by atoms with van der Waals surface area (Å²) in [6.45, 7) is 3.19. The maximum absolute atomic E-state index is 11.0. The van der Waals surface area contributed by atoms with Gasteiger partial charge in [0, 0.05) is 5.92 Å². The highest BCUT2D eigenvalue weighted by atomic mass is 16.3. The van der Waals surface area contributed by atoms with Gasteiger partial charge in [0.1, 0.15) is 0 Å². The van der Waals surface area contributed by atoms with Gasteiger partial charge in [-0.2, -0.15) is 0 Å². The number of aliphatic imine (C=N–C) groups is 1. The first-order chi connectivity index (χ1) is 5.24. The second-order valence-electron chi connectivity index (χ2n) is 3.00. The van der Waals surface area contributed by atoms with Crippen molar-refractivity contribution in [3.8, 4) is 0 Å². The molecule has 1 saturated carbocycles. The van der Waals surface area contributed by atoms with Crippen molar-refractivity contribution in [3.05, 3.63) is 0 Å². The third-order valence-electron chi connectivity index (χ3n) is 2.20. The molecule has 3 heteroatoms. The van der Waals surface area contributed by atoms with Crippen LogP contribution >= 0.6 is 0 Å². The predicted molar refractivity (Wildman–Crippen MR) is 42.5 cm³/mol. The fourth-order valence-corrected chi connectivity index (χ4v) is 1.45. The van der Waals surface area contributed by atoms with Crippen LogP contribution in [0.15, 0.2) is 4.99 Å². The summed E-state index contributed by atoms with van der Waals surface area (Å²) in [5.74, 6) is -0.0900. The molecular formula is C8H13NO2. The first kappa shape index (κ1) is 8.40. The summed E-state index contributed by atoms with van der Waals surface area (Å²) in [5, 5.41) is 9.12. The molecule has 0 bridgehead atoms. The highest BCUT2D eigenvalue weighted by Gasteiger charge is 2.23. The van der Waals surface area contributed by atoms with Gasteiger partial charge in [0.25, 0.3) is 0 Å². The molecule has 62 valence electrons. The topological polar surface area (TPSA) is 49.7 Å². The van der Waals surface area contributed by atoms with Crippen molar-refractivity contribution in [3.63, 3.8) is 0 Å². The van der Waals surface area contributed by atoms with Gasteiger partial charge in [0.15, 0.2) is 0 Å². The van der Waals surface area contributed by atoms with Crippen LogP contribution in [0, 0.1) is 5.92 Å². The van der Waals surface area contributed by atoms with E-state index < -0.39 is 0 Å². The second-order valence-corrected chi connectivity index (χ2v) is 3.00. The molecule has 0 spiro atoms. The Labute approximate surface area is 66.1 Å². The summed E-state index contributed by atoms with van der Waals surface area (Å²) >= 11 is 0. The van der Waals surface area contributed by atoms with Crippen LogP contribution in [0.1, 0.15) is 25.7 Å². The van der Waals surface area contributed by atoms with Gasteiger partial charge in [-0.3, -0.25) is 4.79 Å². The molecule has 0 unspecified atom stereocenters. The molecule has 1 amide bonds. The van der Waals surface area contributed by atoms with E-state index in [-0.39, 0.29) is 17.9 Å². The van der Waals surface area contributed by atoms with Gasteiger partial charge in [0.05, 0.1) is 6.10 Å². The van der Waals surface area contributed by atoms with Gasteiger partial charge in [-0.15, -0.1) is 0 Å². The minimum absolute atomic E-state index is 0.0240. The van der Waals surface area contributed by atoms with E-state index in [0.29, 0.717) is 0 Å². The Morgan fingerprint density at radius 2 is 1.91 bits per heavy atom. The fourth-order valence-electron chi connectivity index (χ4n) is 1.45. The van der Waals surface area contributed by atoms with Gasteiger partial charge in [-0.05, 0) is 32.4 Å². The normalized spacial score (nSPS) is 31.4. The van der Waals surface area contributed by atoms with Crippen molar-refractivity contribution in [2.24, 2.45) is 10.9 Å². The lowest BCUT2D eigenvalue weighted by Gasteiger charge is -2.22. The number of hydrogen-bond donors (Lipinski definition) is 1. The van der Waals surface area contributed by atoms with Crippen LogP contribution in [0.3, 0.4) is 0 Å². The molecular weight excluding hydrogens is 142 g/mol. The van der Waals surface area contributed by atoms with E-state index in [9.17, 15) is 4.79 Å². The highest BCUT2D eigenvalue weighted by Crippen LogP contribution is 2.24. The molecule has 3 nitrogen and oxygen atoms in total. The molecule has 0 aromatic heterocycles. The summed E-state index contributed by atoms with van der Waals surface area (Å²) in [5.41, 5.74) is 0. The van der Waals surface area contributed by atoms with Crippen LogP contribution in [0.4, 0.5) is 0 Å². The van der Waals surface area contributed by atoms with Gasteiger partial charge in [-0.1, -0.05) is 0 Å². The number of aliphatic hydroxyl groups is 1. The summed E-state index contributed by atoms with van der Waals surface area (Å²) in [7, 11) is 0. The number of hydrogen-bond acceptors (Lipinski definition) is 2. The molecule has 1 rings (SSSR count). The number of aliphatic hydroxyl groups excluding tert-OH is 1. The molecule has 0 radical (unpaired) electrons. The number of carbonyl (C=O) groups is 1. The minimum atomic E-state index is -0.205. The van der Waals surface area contributed by atoms with E-state index >= 15 is 0 Å². The Morgan fingerprint density at radius 3 is 2.36 bits per heavy atom. The van der Waals surface area contributed by atoms with Crippen molar-refractivity contribution in [1.82, 2.24) is 0 Å². The van der Waals surface area contributed by atoms with Crippen LogP contribution in [-0.4, -0.2) is 23.8 Å². The standard InChI is InChI=1S/C8H13NO2/c1-9-8(11)6-2-4-7(10)5-3-6/h6-7,10H,1-5H2. The van der Waals surface area contributed by atoms with Crippen LogP contribution in [0.25, 0.3) is 0 Å². The zero-order chi connectivity index (χ0) is 8.27. The van der Waals surface area contributed by atoms with Crippen molar-refractivity contribution < 1.29 is 9.90 Å². The molecule has 0 saturated heterocycles. The average molecular weight is 155 g/mol. The zero-order valence-corrected chi connectivity index (χ0v) is 6.49. The van der Waals surface area contributed by atoms with E-state index in [1.165, 1.54) is 0 Å². The molecule has 0 atom stereocenters. The van der Waals surface area contributed by atoms with Crippen LogP contribution < -0.4 is 0 Å². The Bertz CT molecular complexity index is 159. The van der Waals surface area contributed by atoms with Crippen molar-refractivity contribution in [1.29, 1.82) is 0 Å². The lowest BCUT2D eigenvalue weighted by Crippen LogP contribution is -2.22. The highest BCUT2D eigenvalue weighted by molar-refractivity contribution is 5.82. The summed E-state index contributed by atoms with van der Waals surface area (Å²) in [6.07, 6.45) is 2.78. The molecule has 0 aromatic carbocycles. The minimum Gasteiger partial charge on any atom is -0.393 e. The van der Waals surface area contributed by atoms with Crippen molar-refractivity contribution in [2.45, 2.75) is 31.8 Å². The van der Waals surface area contributed by atoms with E-state index in [2.05, 4.69) is 11.7 Å². The Balaban J connectivity index is 2.38. The summed E-state index contributed by atoms with van der Waals surface area (Å²) in [4.78, 5) is 14.3. The molecule has 1 fully saturated rings. The first-order valence-corrected chi connectivity index (χ1v) is 3.92. The van der Waals surface area contributed by atoms with Gasteiger partial charge in [-0.25, -0.2) is 4.99 Å². The van der Waals surface area contributed by atoms with Crippen LogP contribution in [0.5, 0.6) is 0 Å². The monoisotopic (exact) mass is 155 g/mol. The Kier molecular flexibility index (Phi) is 2.76. The number of nitrogens with zero attached hydrogens (tertiary/aromatic N) is 1. The predicted octanol–water partition coefficient (Wildman–Crippen LogP) is 0.765. The molecule has 0 aromatic rings. The van der Waals surface area contributed by atoms with Crippen molar-refractivity contribution >= 4 is 12.6 Å². The zero-order valence-electron chi connectivity index (χ0n) is 6.49. The fraction of sp³-hybridized carbons (Fsp3) is 0.750. The maximum Gasteiger partial charge on any atom is 0.248 e. The maximum atomic E-state index is 11.0. The third kappa shape index (κ3) is 2.12. The third-order valence-corrected chi connectivity index (χ3v) is 2.20. The van der Waals surface area contributed by atoms with E-state index in [0.717, 1.165) is 25.7 Å². The largest absolute Gasteiger partial charge is 0.393 e.